The molecule has 0 radical (unpaired) electrons. The molecule has 4 rings (SSSR count). The van der Waals surface area contributed by atoms with Gasteiger partial charge in [0.25, 0.3) is 0 Å². The Bertz CT molecular complexity index is 996. The molecule has 0 atom stereocenters. The van der Waals surface area contributed by atoms with E-state index in [-0.39, 0.29) is 0 Å². The summed E-state index contributed by atoms with van der Waals surface area (Å²) in [5.74, 6) is 0.710. The second-order valence-corrected chi connectivity index (χ2v) is 6.83. The zero-order valence-corrected chi connectivity index (χ0v) is 15.2. The average molecular weight is 364 g/mol. The zero-order chi connectivity index (χ0) is 18.1. The first-order valence-corrected chi connectivity index (χ1v) is 9.02. The molecule has 1 aliphatic heterocycles. The van der Waals surface area contributed by atoms with Gasteiger partial charge in [-0.1, -0.05) is 29.8 Å². The number of nitriles is 1. The number of anilines is 1. The van der Waals surface area contributed by atoms with Gasteiger partial charge in [-0.25, -0.2) is 9.67 Å². The minimum absolute atomic E-state index is 0.516. The Hall–Kier alpha value is -2.84. The Morgan fingerprint density at radius 1 is 1.19 bits per heavy atom. The van der Waals surface area contributed by atoms with Gasteiger partial charge in [-0.2, -0.15) is 10.4 Å². The van der Waals surface area contributed by atoms with Crippen LogP contribution >= 0.6 is 11.6 Å². The Morgan fingerprint density at radius 2 is 1.96 bits per heavy atom. The van der Waals surface area contributed by atoms with E-state index in [2.05, 4.69) is 16.1 Å². The summed E-state index contributed by atoms with van der Waals surface area (Å²) in [4.78, 5) is 7.13. The highest BCUT2D eigenvalue weighted by molar-refractivity contribution is 6.33. The van der Waals surface area contributed by atoms with E-state index in [9.17, 15) is 0 Å². The Morgan fingerprint density at radius 3 is 2.65 bits per heavy atom. The number of pyridine rings is 1. The summed E-state index contributed by atoms with van der Waals surface area (Å²) in [6.45, 7) is 4.03. The van der Waals surface area contributed by atoms with Crippen LogP contribution in [0.1, 0.15) is 24.1 Å². The molecule has 0 bridgehead atoms. The maximum absolute atomic E-state index is 9.06. The highest BCUT2D eigenvalue weighted by Gasteiger charge is 2.22. The van der Waals surface area contributed by atoms with E-state index < -0.39 is 0 Å². The molecule has 26 heavy (non-hydrogen) atoms. The number of halogens is 1. The minimum Gasteiger partial charge on any atom is -0.371 e. The molecule has 0 aliphatic carbocycles. The fraction of sp³-hybridized carbons (Fsp3) is 0.250. The van der Waals surface area contributed by atoms with Gasteiger partial charge in [-0.05, 0) is 25.8 Å². The van der Waals surface area contributed by atoms with Gasteiger partial charge in [0, 0.05) is 41.0 Å². The second-order valence-electron chi connectivity index (χ2n) is 6.42. The van der Waals surface area contributed by atoms with Crippen molar-refractivity contribution in [3.8, 4) is 23.0 Å². The van der Waals surface area contributed by atoms with Crippen molar-refractivity contribution in [1.29, 1.82) is 5.26 Å². The van der Waals surface area contributed by atoms with Gasteiger partial charge in [0.1, 0.15) is 6.07 Å². The molecule has 3 aromatic rings. The molecule has 130 valence electrons. The lowest BCUT2D eigenvalue weighted by Gasteiger charge is -2.24. The quantitative estimate of drug-likeness (QED) is 0.693. The molecule has 1 fully saturated rings. The highest BCUT2D eigenvalue weighted by Crippen LogP contribution is 2.39. The van der Waals surface area contributed by atoms with Gasteiger partial charge < -0.3 is 4.90 Å². The van der Waals surface area contributed by atoms with Crippen LogP contribution in [-0.2, 0) is 0 Å². The maximum Gasteiger partial charge on any atom is 0.155 e. The second kappa shape index (κ2) is 6.81. The van der Waals surface area contributed by atoms with Crippen LogP contribution in [0.5, 0.6) is 0 Å². The standard InChI is InChI=1S/C20H18ClN5/c1-14-20(16-6-2-3-7-17(16)21)18(25-8-4-5-9-25)10-19(24-14)26-13-15(11-22)12-23-26/h2-3,6-7,10,12-13H,4-5,8-9H2,1H3. The number of aryl methyl sites for hydroxylation is 1. The van der Waals surface area contributed by atoms with E-state index in [1.807, 2.05) is 37.3 Å². The van der Waals surface area contributed by atoms with Crippen molar-refractivity contribution in [3.63, 3.8) is 0 Å². The van der Waals surface area contributed by atoms with Crippen LogP contribution in [0.25, 0.3) is 16.9 Å². The largest absolute Gasteiger partial charge is 0.371 e. The lowest BCUT2D eigenvalue weighted by molar-refractivity contribution is 0.837. The molecule has 1 aromatic carbocycles. The van der Waals surface area contributed by atoms with Crippen molar-refractivity contribution in [1.82, 2.24) is 14.8 Å². The molecule has 2 aromatic heterocycles. The monoisotopic (exact) mass is 363 g/mol. The van der Waals surface area contributed by atoms with Crippen LogP contribution in [-0.4, -0.2) is 27.9 Å². The summed E-state index contributed by atoms with van der Waals surface area (Å²) >= 11 is 6.49. The van der Waals surface area contributed by atoms with Crippen molar-refractivity contribution in [2.24, 2.45) is 0 Å². The molecular formula is C20H18ClN5. The Kier molecular flexibility index (Phi) is 4.36. The molecule has 3 heterocycles. The van der Waals surface area contributed by atoms with Gasteiger partial charge in [-0.15, -0.1) is 0 Å². The smallest absolute Gasteiger partial charge is 0.155 e. The summed E-state index contributed by atoms with van der Waals surface area (Å²) in [6, 6.07) is 12.0. The maximum atomic E-state index is 9.06. The predicted molar refractivity (Wildman–Crippen MR) is 103 cm³/mol. The normalized spacial score (nSPS) is 13.8. The third-order valence-electron chi connectivity index (χ3n) is 4.70. The van der Waals surface area contributed by atoms with Crippen LogP contribution in [0, 0.1) is 18.3 Å². The summed E-state index contributed by atoms with van der Waals surface area (Å²) < 4.78 is 1.65. The number of aromatic nitrogens is 3. The molecule has 5 nitrogen and oxygen atoms in total. The number of rotatable bonds is 3. The summed E-state index contributed by atoms with van der Waals surface area (Å²) in [7, 11) is 0. The van der Waals surface area contributed by atoms with E-state index >= 15 is 0 Å². The third kappa shape index (κ3) is 2.93. The van der Waals surface area contributed by atoms with E-state index in [0.717, 1.165) is 40.6 Å². The van der Waals surface area contributed by atoms with Gasteiger partial charge in [0.2, 0.25) is 0 Å². The Balaban J connectivity index is 1.91. The van der Waals surface area contributed by atoms with Crippen LogP contribution in [0.2, 0.25) is 5.02 Å². The first-order valence-electron chi connectivity index (χ1n) is 8.64. The fourth-order valence-electron chi connectivity index (χ4n) is 3.47. The molecule has 1 saturated heterocycles. The summed E-state index contributed by atoms with van der Waals surface area (Å²) in [5, 5.41) is 14.0. The topological polar surface area (TPSA) is 57.7 Å². The van der Waals surface area contributed by atoms with Gasteiger partial charge >= 0.3 is 0 Å². The first kappa shape index (κ1) is 16.6. The van der Waals surface area contributed by atoms with Crippen molar-refractivity contribution in [2.75, 3.05) is 18.0 Å². The van der Waals surface area contributed by atoms with Crippen molar-refractivity contribution in [3.05, 3.63) is 59.0 Å². The summed E-state index contributed by atoms with van der Waals surface area (Å²) in [5.41, 5.74) is 4.58. The lowest BCUT2D eigenvalue weighted by atomic mass is 10.0. The van der Waals surface area contributed by atoms with Crippen molar-refractivity contribution < 1.29 is 0 Å². The van der Waals surface area contributed by atoms with Crippen LogP contribution in [0.3, 0.4) is 0 Å². The molecule has 0 N–H and O–H groups in total. The summed E-state index contributed by atoms with van der Waals surface area (Å²) in [6.07, 6.45) is 5.61. The van der Waals surface area contributed by atoms with Crippen LogP contribution in [0.15, 0.2) is 42.7 Å². The van der Waals surface area contributed by atoms with Crippen LogP contribution in [0.4, 0.5) is 5.69 Å². The van der Waals surface area contributed by atoms with Crippen molar-refractivity contribution in [2.45, 2.75) is 19.8 Å². The average Bonchev–Trinajstić information content (AvgIpc) is 3.34. The lowest BCUT2D eigenvalue weighted by Crippen LogP contribution is -2.20. The van der Waals surface area contributed by atoms with Gasteiger partial charge in [0.15, 0.2) is 5.82 Å². The first-order chi connectivity index (χ1) is 12.7. The number of nitrogens with zero attached hydrogens (tertiary/aromatic N) is 5. The fourth-order valence-corrected chi connectivity index (χ4v) is 3.70. The molecular weight excluding hydrogens is 346 g/mol. The highest BCUT2D eigenvalue weighted by atomic mass is 35.5. The van der Waals surface area contributed by atoms with Gasteiger partial charge in [-0.3, -0.25) is 0 Å². The SMILES string of the molecule is Cc1nc(-n2cc(C#N)cn2)cc(N2CCCC2)c1-c1ccccc1Cl. The number of benzene rings is 1. The minimum atomic E-state index is 0.516. The van der Waals surface area contributed by atoms with Gasteiger partial charge in [0.05, 0.1) is 23.6 Å². The molecule has 0 saturated carbocycles. The molecule has 0 unspecified atom stereocenters. The zero-order valence-electron chi connectivity index (χ0n) is 14.5. The van der Waals surface area contributed by atoms with Crippen molar-refractivity contribution >= 4 is 17.3 Å². The molecule has 1 aliphatic rings. The Labute approximate surface area is 157 Å². The van der Waals surface area contributed by atoms with Crippen LogP contribution < -0.4 is 4.90 Å². The third-order valence-corrected chi connectivity index (χ3v) is 5.03. The van der Waals surface area contributed by atoms with E-state index in [1.165, 1.54) is 12.8 Å². The predicted octanol–water partition coefficient (Wildman–Crippen LogP) is 4.37. The number of hydrogen-bond acceptors (Lipinski definition) is 4. The van der Waals surface area contributed by atoms with E-state index in [0.29, 0.717) is 11.4 Å². The molecule has 6 heteroatoms. The molecule has 0 amide bonds. The van der Waals surface area contributed by atoms with E-state index in [4.69, 9.17) is 21.8 Å². The number of hydrogen-bond donors (Lipinski definition) is 0. The van der Waals surface area contributed by atoms with E-state index in [1.54, 1.807) is 17.1 Å². The molecule has 0 spiro atoms.